The predicted octanol–water partition coefficient (Wildman–Crippen LogP) is 2.77. The highest BCUT2D eigenvalue weighted by Gasteiger charge is 2.19. The number of hydrogen-bond donors (Lipinski definition) is 1. The number of carbonyl (C=O) groups is 2. The van der Waals surface area contributed by atoms with Gasteiger partial charge in [-0.05, 0) is 48.9 Å². The van der Waals surface area contributed by atoms with Gasteiger partial charge in [-0.25, -0.2) is 14.2 Å². The molecule has 0 aliphatic carbocycles. The highest BCUT2D eigenvalue weighted by Crippen LogP contribution is 2.34. The number of halogens is 1. The second-order valence-corrected chi connectivity index (χ2v) is 6.60. The number of benzene rings is 2. The van der Waals surface area contributed by atoms with Gasteiger partial charge in [-0.1, -0.05) is 6.07 Å². The molecule has 1 aliphatic rings. The van der Waals surface area contributed by atoms with Crippen LogP contribution in [0.3, 0.4) is 0 Å². The lowest BCUT2D eigenvalue weighted by Crippen LogP contribution is -2.31. The van der Waals surface area contributed by atoms with E-state index in [2.05, 4.69) is 10.3 Å². The first-order valence-corrected chi connectivity index (χ1v) is 9.15. The van der Waals surface area contributed by atoms with E-state index in [4.69, 9.17) is 14.2 Å². The molecule has 30 heavy (non-hydrogen) atoms. The Morgan fingerprint density at radius 3 is 2.77 bits per heavy atom. The summed E-state index contributed by atoms with van der Waals surface area (Å²) in [6, 6.07) is 10.6. The Morgan fingerprint density at radius 2 is 1.97 bits per heavy atom. The fourth-order valence-corrected chi connectivity index (χ4v) is 3.01. The minimum Gasteiger partial charge on any atom is -0.454 e. The number of amides is 1. The molecular weight excluding hydrogens is 393 g/mol. The molecule has 1 aliphatic heterocycles. The van der Waals surface area contributed by atoms with Crippen molar-refractivity contribution in [1.82, 2.24) is 14.9 Å². The van der Waals surface area contributed by atoms with Crippen molar-refractivity contribution in [2.75, 3.05) is 13.4 Å². The summed E-state index contributed by atoms with van der Waals surface area (Å²) in [5.74, 6) is -0.293. The quantitative estimate of drug-likeness (QED) is 0.627. The van der Waals surface area contributed by atoms with Crippen LogP contribution in [0.15, 0.2) is 55.0 Å². The molecule has 2 heterocycles. The Balaban J connectivity index is 1.35. The molecule has 1 amide bonds. The third-order valence-corrected chi connectivity index (χ3v) is 4.56. The standard InChI is InChI=1S/C21H18FN3O5/c1-13(14-2-7-18-19(8-14)30-12-29-18)24-20(26)10-28-21(27)17-9-23-11-25(17)16-5-3-15(22)4-6-16/h2-9,11,13H,10,12H2,1H3,(H,24,26)/t13-/m0/s1. The van der Waals surface area contributed by atoms with E-state index in [1.807, 2.05) is 6.07 Å². The van der Waals surface area contributed by atoms with Crippen molar-refractivity contribution in [2.45, 2.75) is 13.0 Å². The van der Waals surface area contributed by atoms with Crippen molar-refractivity contribution in [1.29, 1.82) is 0 Å². The van der Waals surface area contributed by atoms with Gasteiger partial charge in [0.2, 0.25) is 6.79 Å². The molecule has 3 aromatic rings. The van der Waals surface area contributed by atoms with Gasteiger partial charge in [-0.2, -0.15) is 0 Å². The largest absolute Gasteiger partial charge is 0.454 e. The molecule has 0 unspecified atom stereocenters. The molecule has 2 aromatic carbocycles. The van der Waals surface area contributed by atoms with Crippen LogP contribution in [0.2, 0.25) is 0 Å². The SMILES string of the molecule is C[C@H](NC(=O)COC(=O)c1cncn1-c1ccc(F)cc1)c1ccc2c(c1)OCO2. The Bertz CT molecular complexity index is 1080. The average molecular weight is 411 g/mol. The van der Waals surface area contributed by atoms with Crippen LogP contribution in [-0.4, -0.2) is 34.8 Å². The molecule has 0 radical (unpaired) electrons. The highest BCUT2D eigenvalue weighted by atomic mass is 19.1. The third kappa shape index (κ3) is 4.09. The van der Waals surface area contributed by atoms with Gasteiger partial charge >= 0.3 is 5.97 Å². The van der Waals surface area contributed by atoms with Crippen LogP contribution < -0.4 is 14.8 Å². The predicted molar refractivity (Wildman–Crippen MR) is 103 cm³/mol. The maximum atomic E-state index is 13.1. The van der Waals surface area contributed by atoms with Crippen LogP contribution in [-0.2, 0) is 9.53 Å². The molecule has 0 saturated carbocycles. The van der Waals surface area contributed by atoms with Crippen LogP contribution >= 0.6 is 0 Å². The Hall–Kier alpha value is -3.88. The first-order valence-electron chi connectivity index (χ1n) is 9.15. The normalized spacial score (nSPS) is 13.0. The maximum absolute atomic E-state index is 13.1. The van der Waals surface area contributed by atoms with Crippen molar-refractivity contribution in [3.8, 4) is 17.2 Å². The fraction of sp³-hybridized carbons (Fsp3) is 0.190. The summed E-state index contributed by atoms with van der Waals surface area (Å²) in [4.78, 5) is 28.5. The van der Waals surface area contributed by atoms with Crippen LogP contribution in [0.4, 0.5) is 4.39 Å². The summed E-state index contributed by atoms with van der Waals surface area (Å²) in [5.41, 5.74) is 1.49. The molecule has 0 saturated heterocycles. The van der Waals surface area contributed by atoms with E-state index in [1.54, 1.807) is 19.1 Å². The summed E-state index contributed by atoms with van der Waals surface area (Å²) in [6.45, 7) is 1.52. The molecule has 0 spiro atoms. The van der Waals surface area contributed by atoms with Crippen LogP contribution in [0.1, 0.15) is 29.0 Å². The average Bonchev–Trinajstić information content (AvgIpc) is 3.41. The van der Waals surface area contributed by atoms with Gasteiger partial charge in [-0.15, -0.1) is 0 Å². The number of nitrogens with one attached hydrogen (secondary N) is 1. The van der Waals surface area contributed by atoms with E-state index in [-0.39, 0.29) is 18.5 Å². The molecule has 9 heteroatoms. The number of aromatic nitrogens is 2. The number of nitrogens with zero attached hydrogens (tertiary/aromatic N) is 2. The smallest absolute Gasteiger partial charge is 0.357 e. The highest BCUT2D eigenvalue weighted by molar-refractivity contribution is 5.90. The monoisotopic (exact) mass is 411 g/mol. The first-order chi connectivity index (χ1) is 14.5. The number of rotatable bonds is 6. The van der Waals surface area contributed by atoms with Gasteiger partial charge < -0.3 is 19.5 Å². The van der Waals surface area contributed by atoms with Crippen molar-refractivity contribution in [3.05, 3.63) is 72.1 Å². The second-order valence-electron chi connectivity index (χ2n) is 6.60. The summed E-state index contributed by atoms with van der Waals surface area (Å²) in [7, 11) is 0. The molecular formula is C21H18FN3O5. The summed E-state index contributed by atoms with van der Waals surface area (Å²) in [5, 5.41) is 2.76. The zero-order valence-corrected chi connectivity index (χ0v) is 16.0. The first kappa shape index (κ1) is 19.4. The number of esters is 1. The molecule has 154 valence electrons. The van der Waals surface area contributed by atoms with E-state index >= 15 is 0 Å². The molecule has 1 atom stereocenters. The number of hydrogen-bond acceptors (Lipinski definition) is 6. The zero-order valence-electron chi connectivity index (χ0n) is 16.0. The Labute approximate surface area is 171 Å². The Kier molecular flexibility index (Phi) is 5.34. The third-order valence-electron chi connectivity index (χ3n) is 4.56. The van der Waals surface area contributed by atoms with Gasteiger partial charge in [0.05, 0.1) is 18.6 Å². The zero-order chi connectivity index (χ0) is 21.1. The van der Waals surface area contributed by atoms with E-state index in [0.29, 0.717) is 17.2 Å². The van der Waals surface area contributed by atoms with Gasteiger partial charge in [-0.3, -0.25) is 9.36 Å². The number of carbonyl (C=O) groups excluding carboxylic acids is 2. The van der Waals surface area contributed by atoms with Crippen molar-refractivity contribution < 1.29 is 28.2 Å². The summed E-state index contributed by atoms with van der Waals surface area (Å²) >= 11 is 0. The number of ether oxygens (including phenoxy) is 3. The van der Waals surface area contributed by atoms with Crippen LogP contribution in [0.25, 0.3) is 5.69 Å². The van der Waals surface area contributed by atoms with E-state index in [9.17, 15) is 14.0 Å². The molecule has 1 aromatic heterocycles. The minimum absolute atomic E-state index is 0.123. The summed E-state index contributed by atoms with van der Waals surface area (Å²) < 4.78 is 30.3. The van der Waals surface area contributed by atoms with Gasteiger partial charge in [0.25, 0.3) is 5.91 Å². The Morgan fingerprint density at radius 1 is 1.20 bits per heavy atom. The van der Waals surface area contributed by atoms with Crippen LogP contribution in [0.5, 0.6) is 11.5 Å². The molecule has 0 bridgehead atoms. The lowest BCUT2D eigenvalue weighted by atomic mass is 10.1. The van der Waals surface area contributed by atoms with Crippen molar-refractivity contribution in [2.24, 2.45) is 0 Å². The van der Waals surface area contributed by atoms with Gasteiger partial charge in [0.1, 0.15) is 5.82 Å². The molecule has 1 N–H and O–H groups in total. The molecule has 0 fully saturated rings. The van der Waals surface area contributed by atoms with Crippen molar-refractivity contribution >= 4 is 11.9 Å². The lowest BCUT2D eigenvalue weighted by Gasteiger charge is -2.15. The van der Waals surface area contributed by atoms with Crippen molar-refractivity contribution in [3.63, 3.8) is 0 Å². The number of fused-ring (bicyclic) bond motifs is 1. The van der Waals surface area contributed by atoms with E-state index < -0.39 is 24.3 Å². The topological polar surface area (TPSA) is 91.7 Å². The lowest BCUT2D eigenvalue weighted by molar-refractivity contribution is -0.124. The minimum atomic E-state index is -0.720. The maximum Gasteiger partial charge on any atom is 0.357 e. The second kappa shape index (κ2) is 8.24. The van der Waals surface area contributed by atoms with Gasteiger partial charge in [0, 0.05) is 5.69 Å². The number of imidazole rings is 1. The fourth-order valence-electron chi connectivity index (χ4n) is 3.01. The van der Waals surface area contributed by atoms with Crippen LogP contribution in [0, 0.1) is 5.82 Å². The van der Waals surface area contributed by atoms with E-state index in [0.717, 1.165) is 5.56 Å². The summed E-state index contributed by atoms with van der Waals surface area (Å²) in [6.07, 6.45) is 2.73. The molecule has 8 nitrogen and oxygen atoms in total. The van der Waals surface area contributed by atoms with Gasteiger partial charge in [0.15, 0.2) is 23.8 Å². The van der Waals surface area contributed by atoms with E-state index in [1.165, 1.54) is 41.4 Å². The molecule has 4 rings (SSSR count).